The lowest BCUT2D eigenvalue weighted by atomic mass is 10.1. The zero-order valence-electron chi connectivity index (χ0n) is 9.03. The third-order valence-electron chi connectivity index (χ3n) is 2.63. The highest BCUT2D eigenvalue weighted by Gasteiger charge is 2.20. The van der Waals surface area contributed by atoms with Crippen molar-refractivity contribution >= 4 is 11.8 Å². The summed E-state index contributed by atoms with van der Waals surface area (Å²) in [5.41, 5.74) is 0. The van der Waals surface area contributed by atoms with Gasteiger partial charge in [0.15, 0.2) is 0 Å². The van der Waals surface area contributed by atoms with Gasteiger partial charge in [-0.2, -0.15) is 0 Å². The van der Waals surface area contributed by atoms with E-state index in [0.717, 1.165) is 13.0 Å². The number of rotatable bonds is 6. The molecule has 15 heavy (non-hydrogen) atoms. The number of carbonyl (C=O) groups excluding carboxylic acids is 1. The fraction of sp³-hybridized carbons (Fsp3) is 0.800. The Kier molecular flexibility index (Phi) is 4.71. The molecule has 1 heterocycles. The number of carbonyl (C=O) groups is 2. The Labute approximate surface area is 89.4 Å². The van der Waals surface area contributed by atoms with Gasteiger partial charge in [0.05, 0.1) is 13.0 Å². The third-order valence-corrected chi connectivity index (χ3v) is 2.63. The van der Waals surface area contributed by atoms with Crippen molar-refractivity contribution in [3.63, 3.8) is 0 Å². The summed E-state index contributed by atoms with van der Waals surface area (Å²) in [5.74, 6) is -0.496. The van der Waals surface area contributed by atoms with Crippen molar-refractivity contribution in [2.24, 2.45) is 0 Å². The Morgan fingerprint density at radius 3 is 2.87 bits per heavy atom. The van der Waals surface area contributed by atoms with Gasteiger partial charge in [-0.1, -0.05) is 0 Å². The Morgan fingerprint density at radius 1 is 1.60 bits per heavy atom. The first kappa shape index (κ1) is 12.1. The minimum Gasteiger partial charge on any atom is -0.481 e. The predicted molar refractivity (Wildman–Crippen MR) is 55.8 cm³/mol. The molecule has 5 nitrogen and oxygen atoms in total. The lowest BCUT2D eigenvalue weighted by Crippen LogP contribution is -2.29. The van der Waals surface area contributed by atoms with Gasteiger partial charge < -0.3 is 15.3 Å². The molecule has 0 spiro atoms. The summed E-state index contributed by atoms with van der Waals surface area (Å²) in [6.45, 7) is 1.89. The predicted octanol–water partition coefficient (Wildman–Crippen LogP) is -0.286. The molecule has 2 N–H and O–H groups in total. The zero-order valence-corrected chi connectivity index (χ0v) is 9.03. The van der Waals surface area contributed by atoms with Crippen molar-refractivity contribution in [3.8, 4) is 0 Å². The maximum atomic E-state index is 11.0. The van der Waals surface area contributed by atoms with E-state index in [1.165, 1.54) is 0 Å². The van der Waals surface area contributed by atoms with Crippen LogP contribution in [0.15, 0.2) is 0 Å². The summed E-state index contributed by atoms with van der Waals surface area (Å²) in [6, 6.07) is 0.282. The van der Waals surface area contributed by atoms with Crippen LogP contribution in [0.5, 0.6) is 0 Å². The van der Waals surface area contributed by atoms with Crippen molar-refractivity contribution in [2.75, 3.05) is 26.7 Å². The molecule has 1 rings (SSSR count). The maximum Gasteiger partial charge on any atom is 0.304 e. The highest BCUT2D eigenvalue weighted by Crippen LogP contribution is 2.06. The monoisotopic (exact) mass is 214 g/mol. The first-order chi connectivity index (χ1) is 7.08. The molecule has 0 bridgehead atoms. The van der Waals surface area contributed by atoms with Gasteiger partial charge in [-0.25, -0.2) is 0 Å². The van der Waals surface area contributed by atoms with Crippen LogP contribution in [-0.4, -0.2) is 54.5 Å². The minimum atomic E-state index is -0.768. The summed E-state index contributed by atoms with van der Waals surface area (Å²) in [5, 5.41) is 11.6. The largest absolute Gasteiger partial charge is 0.481 e. The van der Waals surface area contributed by atoms with Gasteiger partial charge in [-0.15, -0.1) is 0 Å². The van der Waals surface area contributed by atoms with Crippen LogP contribution in [-0.2, 0) is 9.59 Å². The second kappa shape index (κ2) is 5.82. The number of hydrogen-bond acceptors (Lipinski definition) is 4. The third kappa shape index (κ3) is 4.90. The minimum absolute atomic E-state index is 0.174. The van der Waals surface area contributed by atoms with Crippen LogP contribution in [0.3, 0.4) is 0 Å². The Morgan fingerprint density at radius 2 is 2.33 bits per heavy atom. The number of nitrogens with zero attached hydrogens (tertiary/aromatic N) is 1. The summed E-state index contributed by atoms with van der Waals surface area (Å²) in [7, 11) is 1.90. The quantitative estimate of drug-likeness (QED) is 0.636. The van der Waals surface area contributed by atoms with Gasteiger partial charge in [0.2, 0.25) is 0 Å². The highest BCUT2D eigenvalue weighted by atomic mass is 16.4. The molecular formula is C10H18N2O3. The summed E-state index contributed by atoms with van der Waals surface area (Å²) < 4.78 is 0. The van der Waals surface area contributed by atoms with Crippen molar-refractivity contribution < 1.29 is 14.7 Å². The van der Waals surface area contributed by atoms with Crippen LogP contribution < -0.4 is 5.32 Å². The van der Waals surface area contributed by atoms with E-state index in [0.29, 0.717) is 19.5 Å². The summed E-state index contributed by atoms with van der Waals surface area (Å²) in [4.78, 5) is 23.3. The van der Waals surface area contributed by atoms with Crippen molar-refractivity contribution in [3.05, 3.63) is 0 Å². The molecule has 0 aromatic heterocycles. The number of Topliss-reactive ketones (excluding diaryl/α,β-unsaturated/α-hetero) is 1. The Bertz CT molecular complexity index is 243. The highest BCUT2D eigenvalue weighted by molar-refractivity contribution is 5.83. The molecule has 1 atom stereocenters. The van der Waals surface area contributed by atoms with Gasteiger partial charge in [0, 0.05) is 19.0 Å². The average molecular weight is 214 g/mol. The molecule has 0 radical (unpaired) electrons. The molecule has 86 valence electrons. The number of carboxylic acid groups (broad SMARTS) is 1. The van der Waals surface area contributed by atoms with Gasteiger partial charge in [-0.3, -0.25) is 9.59 Å². The van der Waals surface area contributed by atoms with Crippen LogP contribution in [0.25, 0.3) is 0 Å². The lowest BCUT2D eigenvalue weighted by Gasteiger charge is -2.17. The van der Waals surface area contributed by atoms with E-state index in [1.807, 2.05) is 11.9 Å². The van der Waals surface area contributed by atoms with E-state index < -0.39 is 5.97 Å². The standard InChI is InChI=1S/C10H18N2O3/c1-12(5-3-10(14)15)4-2-8-6-9(13)7-11-8/h8,11H,2-7H2,1H3,(H,14,15). The first-order valence-corrected chi connectivity index (χ1v) is 5.23. The van der Waals surface area contributed by atoms with E-state index in [2.05, 4.69) is 5.32 Å². The maximum absolute atomic E-state index is 11.0. The van der Waals surface area contributed by atoms with E-state index in [1.54, 1.807) is 0 Å². The van der Waals surface area contributed by atoms with Crippen LogP contribution in [0.4, 0.5) is 0 Å². The lowest BCUT2D eigenvalue weighted by molar-refractivity contribution is -0.137. The molecule has 1 saturated heterocycles. The first-order valence-electron chi connectivity index (χ1n) is 5.23. The van der Waals surface area contributed by atoms with Crippen LogP contribution in [0.1, 0.15) is 19.3 Å². The van der Waals surface area contributed by atoms with Crippen molar-refractivity contribution in [1.82, 2.24) is 10.2 Å². The molecule has 1 aliphatic rings. The molecule has 0 aromatic carbocycles. The summed E-state index contributed by atoms with van der Waals surface area (Å²) >= 11 is 0. The van der Waals surface area contributed by atoms with Crippen LogP contribution >= 0.6 is 0 Å². The molecule has 0 aliphatic carbocycles. The number of carboxylic acids is 1. The van der Waals surface area contributed by atoms with Crippen molar-refractivity contribution in [2.45, 2.75) is 25.3 Å². The molecule has 0 aromatic rings. The van der Waals surface area contributed by atoms with E-state index >= 15 is 0 Å². The molecule has 0 saturated carbocycles. The molecule has 1 unspecified atom stereocenters. The molecule has 1 aliphatic heterocycles. The fourth-order valence-corrected chi connectivity index (χ4v) is 1.66. The number of aliphatic carboxylic acids is 1. The Hall–Kier alpha value is -0.940. The van der Waals surface area contributed by atoms with Gasteiger partial charge in [0.1, 0.15) is 5.78 Å². The number of ketones is 1. The van der Waals surface area contributed by atoms with E-state index in [4.69, 9.17) is 5.11 Å². The van der Waals surface area contributed by atoms with Gasteiger partial charge >= 0.3 is 5.97 Å². The fourth-order valence-electron chi connectivity index (χ4n) is 1.66. The Balaban J connectivity index is 2.08. The topological polar surface area (TPSA) is 69.6 Å². The number of nitrogens with one attached hydrogen (secondary N) is 1. The normalized spacial score (nSPS) is 21.2. The van der Waals surface area contributed by atoms with E-state index in [9.17, 15) is 9.59 Å². The van der Waals surface area contributed by atoms with E-state index in [-0.39, 0.29) is 18.2 Å². The molecule has 5 heteroatoms. The smallest absolute Gasteiger partial charge is 0.304 e. The zero-order chi connectivity index (χ0) is 11.3. The average Bonchev–Trinajstić information content (AvgIpc) is 2.58. The molecule has 1 fully saturated rings. The summed E-state index contributed by atoms with van der Waals surface area (Å²) in [6.07, 6.45) is 1.70. The second-order valence-electron chi connectivity index (χ2n) is 4.06. The van der Waals surface area contributed by atoms with Gasteiger partial charge in [-0.05, 0) is 20.0 Å². The van der Waals surface area contributed by atoms with Crippen LogP contribution in [0, 0.1) is 0 Å². The number of hydrogen-bond donors (Lipinski definition) is 2. The van der Waals surface area contributed by atoms with Crippen LogP contribution in [0.2, 0.25) is 0 Å². The van der Waals surface area contributed by atoms with Gasteiger partial charge in [0.25, 0.3) is 0 Å². The van der Waals surface area contributed by atoms with Crippen molar-refractivity contribution in [1.29, 1.82) is 0 Å². The second-order valence-corrected chi connectivity index (χ2v) is 4.06. The molecular weight excluding hydrogens is 196 g/mol. The molecule has 0 amide bonds. The SMILES string of the molecule is CN(CCC(=O)O)CCC1CC(=O)CN1.